The van der Waals surface area contributed by atoms with Crippen molar-refractivity contribution in [3.63, 3.8) is 0 Å². The zero-order valence-corrected chi connectivity index (χ0v) is 15.5. The Balaban J connectivity index is 1.45. The number of hydrogen-bond acceptors (Lipinski definition) is 5. The lowest BCUT2D eigenvalue weighted by Crippen LogP contribution is -2.44. The molecular weight excluding hydrogens is 316 g/mol. The van der Waals surface area contributed by atoms with Gasteiger partial charge in [0.2, 0.25) is 0 Å². The van der Waals surface area contributed by atoms with Gasteiger partial charge in [-0.15, -0.1) is 0 Å². The van der Waals surface area contributed by atoms with Crippen molar-refractivity contribution < 1.29 is 4.74 Å². The molecule has 25 heavy (non-hydrogen) atoms. The largest absolute Gasteiger partial charge is 0.374 e. The highest BCUT2D eigenvalue weighted by molar-refractivity contribution is 5.43. The molecule has 2 aliphatic rings. The van der Waals surface area contributed by atoms with Crippen LogP contribution in [0, 0.1) is 0 Å². The molecule has 1 aliphatic carbocycles. The lowest BCUT2D eigenvalue weighted by atomic mass is 9.96. The second kappa shape index (κ2) is 9.34. The molecule has 0 amide bonds. The smallest absolute Gasteiger partial charge is 0.268 e. The summed E-state index contributed by atoms with van der Waals surface area (Å²) in [5, 5.41) is 7.87. The number of ether oxygens (including phenoxy) is 1. The molecule has 1 saturated heterocycles. The van der Waals surface area contributed by atoms with Crippen LogP contribution in [0.4, 0.5) is 5.69 Å². The molecule has 2 heterocycles. The summed E-state index contributed by atoms with van der Waals surface area (Å²) in [5.74, 6) is 0. The van der Waals surface area contributed by atoms with Gasteiger partial charge in [-0.05, 0) is 25.8 Å². The van der Waals surface area contributed by atoms with Crippen molar-refractivity contribution in [1.82, 2.24) is 15.1 Å². The molecule has 1 atom stereocenters. The Morgan fingerprint density at radius 2 is 2.00 bits per heavy atom. The normalized spacial score (nSPS) is 23.2. The van der Waals surface area contributed by atoms with Crippen molar-refractivity contribution in [2.24, 2.45) is 7.05 Å². The van der Waals surface area contributed by atoms with E-state index in [0.717, 1.165) is 31.7 Å². The zero-order chi connectivity index (χ0) is 17.5. The Hall–Kier alpha value is -1.40. The molecule has 6 heteroatoms. The lowest BCUT2D eigenvalue weighted by molar-refractivity contribution is 0.0348. The van der Waals surface area contributed by atoms with Gasteiger partial charge in [0.25, 0.3) is 5.56 Å². The van der Waals surface area contributed by atoms with Crippen molar-refractivity contribution in [3.05, 3.63) is 22.6 Å². The van der Waals surface area contributed by atoms with E-state index in [0.29, 0.717) is 12.6 Å². The number of anilines is 1. The van der Waals surface area contributed by atoms with Gasteiger partial charge in [0.05, 0.1) is 24.6 Å². The fourth-order valence-corrected chi connectivity index (χ4v) is 3.87. The van der Waals surface area contributed by atoms with E-state index < -0.39 is 0 Å². The standard InChI is InChI=1S/C19H32N4O2/c1-22-19(24)13-17(14-21-22)23-11-12-25-18(15-23)9-10-20-16-7-5-3-2-4-6-8-16/h13-14,16,18,20H,2-12,15H2,1H3/t18-/m1/s1. The maximum atomic E-state index is 11.8. The van der Waals surface area contributed by atoms with E-state index in [1.165, 1.54) is 49.6 Å². The molecule has 140 valence electrons. The van der Waals surface area contributed by atoms with Crippen LogP contribution < -0.4 is 15.8 Å². The maximum absolute atomic E-state index is 11.8. The van der Waals surface area contributed by atoms with Crippen LogP contribution in [-0.2, 0) is 11.8 Å². The third-order valence-electron chi connectivity index (χ3n) is 5.46. The Kier molecular flexibility index (Phi) is 6.87. The van der Waals surface area contributed by atoms with Crippen molar-refractivity contribution in [3.8, 4) is 0 Å². The van der Waals surface area contributed by atoms with Gasteiger partial charge in [0, 0.05) is 32.2 Å². The summed E-state index contributed by atoms with van der Waals surface area (Å²) in [4.78, 5) is 14.0. The van der Waals surface area contributed by atoms with Crippen molar-refractivity contribution in [1.29, 1.82) is 0 Å². The van der Waals surface area contributed by atoms with E-state index >= 15 is 0 Å². The number of aromatic nitrogens is 2. The number of morpholine rings is 1. The Bertz CT molecular complexity index is 581. The topological polar surface area (TPSA) is 59.4 Å². The molecule has 0 aromatic carbocycles. The van der Waals surface area contributed by atoms with E-state index in [2.05, 4.69) is 15.3 Å². The van der Waals surface area contributed by atoms with E-state index in [1.807, 2.05) is 0 Å². The molecule has 1 saturated carbocycles. The molecule has 1 aromatic heterocycles. The third-order valence-corrected chi connectivity index (χ3v) is 5.46. The summed E-state index contributed by atoms with van der Waals surface area (Å²) in [6, 6.07) is 2.35. The van der Waals surface area contributed by atoms with Gasteiger partial charge in [-0.3, -0.25) is 4.79 Å². The second-order valence-electron chi connectivity index (χ2n) is 7.40. The summed E-state index contributed by atoms with van der Waals surface area (Å²) in [6.07, 6.45) is 12.6. The summed E-state index contributed by atoms with van der Waals surface area (Å²) >= 11 is 0. The first kappa shape index (κ1) is 18.4. The van der Waals surface area contributed by atoms with Gasteiger partial charge < -0.3 is 15.0 Å². The first-order chi connectivity index (χ1) is 12.2. The fourth-order valence-electron chi connectivity index (χ4n) is 3.87. The van der Waals surface area contributed by atoms with Gasteiger partial charge in [-0.1, -0.05) is 32.1 Å². The number of hydrogen-bond donors (Lipinski definition) is 1. The predicted molar refractivity (Wildman–Crippen MR) is 100 cm³/mol. The molecule has 1 aliphatic heterocycles. The summed E-state index contributed by atoms with van der Waals surface area (Å²) in [5.41, 5.74) is 0.843. The van der Waals surface area contributed by atoms with Crippen LogP contribution in [0.5, 0.6) is 0 Å². The minimum atomic E-state index is -0.0634. The zero-order valence-electron chi connectivity index (χ0n) is 15.5. The predicted octanol–water partition coefficient (Wildman–Crippen LogP) is 2.08. The number of rotatable bonds is 5. The molecule has 0 spiro atoms. The fraction of sp³-hybridized carbons (Fsp3) is 0.789. The van der Waals surface area contributed by atoms with Gasteiger partial charge in [0.15, 0.2) is 0 Å². The van der Waals surface area contributed by atoms with Gasteiger partial charge in [-0.2, -0.15) is 5.10 Å². The molecule has 3 rings (SSSR count). The molecule has 1 N–H and O–H groups in total. The molecule has 0 bridgehead atoms. The first-order valence-corrected chi connectivity index (χ1v) is 9.85. The highest BCUT2D eigenvalue weighted by atomic mass is 16.5. The molecule has 6 nitrogen and oxygen atoms in total. The minimum Gasteiger partial charge on any atom is -0.374 e. The SMILES string of the molecule is Cn1ncc(N2CCO[C@H](CCNC3CCCCCCC3)C2)cc1=O. The Morgan fingerprint density at radius 3 is 2.76 bits per heavy atom. The monoisotopic (exact) mass is 348 g/mol. The summed E-state index contributed by atoms with van der Waals surface area (Å²) in [7, 11) is 1.68. The Labute approximate surface area is 150 Å². The van der Waals surface area contributed by atoms with E-state index in [-0.39, 0.29) is 11.7 Å². The average molecular weight is 348 g/mol. The van der Waals surface area contributed by atoms with Gasteiger partial charge in [0.1, 0.15) is 0 Å². The molecular formula is C19H32N4O2. The van der Waals surface area contributed by atoms with Crippen LogP contribution in [0.3, 0.4) is 0 Å². The van der Waals surface area contributed by atoms with E-state index in [1.54, 1.807) is 19.3 Å². The van der Waals surface area contributed by atoms with Crippen molar-refractivity contribution in [2.75, 3.05) is 31.1 Å². The van der Waals surface area contributed by atoms with Crippen LogP contribution in [0.1, 0.15) is 51.4 Å². The first-order valence-electron chi connectivity index (χ1n) is 9.85. The van der Waals surface area contributed by atoms with Crippen molar-refractivity contribution in [2.45, 2.75) is 63.5 Å². The maximum Gasteiger partial charge on any atom is 0.268 e. The van der Waals surface area contributed by atoms with E-state index in [9.17, 15) is 4.79 Å². The summed E-state index contributed by atoms with van der Waals surface area (Å²) in [6.45, 7) is 3.38. The highest BCUT2D eigenvalue weighted by Gasteiger charge is 2.21. The number of nitrogens with one attached hydrogen (secondary N) is 1. The molecule has 2 fully saturated rings. The number of nitrogens with zero attached hydrogens (tertiary/aromatic N) is 3. The average Bonchev–Trinajstić information content (AvgIpc) is 2.59. The molecule has 0 radical (unpaired) electrons. The van der Waals surface area contributed by atoms with E-state index in [4.69, 9.17) is 4.74 Å². The van der Waals surface area contributed by atoms with Crippen LogP contribution in [-0.4, -0.2) is 48.2 Å². The van der Waals surface area contributed by atoms with Crippen molar-refractivity contribution >= 4 is 5.69 Å². The molecule has 0 unspecified atom stereocenters. The minimum absolute atomic E-state index is 0.0634. The lowest BCUT2D eigenvalue weighted by Gasteiger charge is -2.34. The quantitative estimate of drug-likeness (QED) is 0.883. The third kappa shape index (κ3) is 5.54. The Morgan fingerprint density at radius 1 is 1.24 bits per heavy atom. The highest BCUT2D eigenvalue weighted by Crippen LogP contribution is 2.18. The van der Waals surface area contributed by atoms with Gasteiger partial charge >= 0.3 is 0 Å². The van der Waals surface area contributed by atoms with Crippen LogP contribution in [0.25, 0.3) is 0 Å². The number of aryl methyl sites for hydroxylation is 1. The second-order valence-corrected chi connectivity index (χ2v) is 7.40. The summed E-state index contributed by atoms with van der Waals surface area (Å²) < 4.78 is 7.29. The van der Waals surface area contributed by atoms with Crippen LogP contribution in [0.2, 0.25) is 0 Å². The van der Waals surface area contributed by atoms with Gasteiger partial charge in [-0.25, -0.2) is 4.68 Å². The molecule has 1 aromatic rings. The van der Waals surface area contributed by atoms with Crippen LogP contribution in [0.15, 0.2) is 17.1 Å². The van der Waals surface area contributed by atoms with Crippen LogP contribution >= 0.6 is 0 Å².